The molecule has 0 aliphatic carbocycles. The Morgan fingerprint density at radius 3 is 2.62 bits per heavy atom. The molecule has 0 N–H and O–H groups in total. The van der Waals surface area contributed by atoms with Crippen LogP contribution in [-0.2, 0) is 0 Å². The van der Waals surface area contributed by atoms with E-state index < -0.39 is 0 Å². The SMILES string of the molecule is CC(C)CCN1CCN(C(=O)c2csc(-c3cnn(-c4ccccc4)c3)n2)CC1. The number of hydrogen-bond acceptors (Lipinski definition) is 5. The molecule has 1 amide bonds. The first kappa shape index (κ1) is 19.8. The molecule has 7 heteroatoms. The monoisotopic (exact) mass is 409 g/mol. The highest BCUT2D eigenvalue weighted by Gasteiger charge is 2.24. The van der Waals surface area contributed by atoms with Crippen molar-refractivity contribution < 1.29 is 4.79 Å². The van der Waals surface area contributed by atoms with Gasteiger partial charge in [-0.15, -0.1) is 11.3 Å². The predicted molar refractivity (Wildman–Crippen MR) is 116 cm³/mol. The zero-order valence-corrected chi connectivity index (χ0v) is 17.8. The molecule has 0 radical (unpaired) electrons. The lowest BCUT2D eigenvalue weighted by Gasteiger charge is -2.34. The Kier molecular flexibility index (Phi) is 6.06. The normalized spacial score (nSPS) is 15.2. The molecule has 0 spiro atoms. The number of aromatic nitrogens is 3. The Labute approximate surface area is 175 Å². The number of carbonyl (C=O) groups excluding carboxylic acids is 1. The molecule has 0 unspecified atom stereocenters. The summed E-state index contributed by atoms with van der Waals surface area (Å²) in [4.78, 5) is 21.9. The summed E-state index contributed by atoms with van der Waals surface area (Å²) < 4.78 is 1.83. The predicted octanol–water partition coefficient (Wildman–Crippen LogP) is 3.80. The number of carbonyl (C=O) groups is 1. The van der Waals surface area contributed by atoms with Crippen molar-refractivity contribution in [3.8, 4) is 16.3 Å². The summed E-state index contributed by atoms with van der Waals surface area (Å²) in [5, 5.41) is 7.12. The molecule has 152 valence electrons. The molecule has 1 aliphatic rings. The van der Waals surface area contributed by atoms with Gasteiger partial charge in [0.1, 0.15) is 10.7 Å². The molecule has 0 atom stereocenters. The fourth-order valence-corrected chi connectivity index (χ4v) is 4.21. The minimum Gasteiger partial charge on any atom is -0.335 e. The van der Waals surface area contributed by atoms with Crippen LogP contribution in [0, 0.1) is 5.92 Å². The molecule has 3 heterocycles. The van der Waals surface area contributed by atoms with Crippen molar-refractivity contribution >= 4 is 17.2 Å². The van der Waals surface area contributed by atoms with Crippen molar-refractivity contribution in [2.75, 3.05) is 32.7 Å². The second kappa shape index (κ2) is 8.88. The van der Waals surface area contributed by atoms with Crippen molar-refractivity contribution in [1.29, 1.82) is 0 Å². The van der Waals surface area contributed by atoms with Gasteiger partial charge < -0.3 is 4.90 Å². The lowest BCUT2D eigenvalue weighted by Crippen LogP contribution is -2.49. The molecule has 6 nitrogen and oxygen atoms in total. The van der Waals surface area contributed by atoms with E-state index >= 15 is 0 Å². The van der Waals surface area contributed by atoms with Gasteiger partial charge in [0, 0.05) is 43.3 Å². The number of nitrogens with zero attached hydrogens (tertiary/aromatic N) is 5. The van der Waals surface area contributed by atoms with Gasteiger partial charge in [-0.05, 0) is 31.0 Å². The molecule has 1 aliphatic heterocycles. The number of rotatable bonds is 6. The standard InChI is InChI=1S/C22H27N5OS/c1-17(2)8-9-25-10-12-26(13-11-25)22(28)20-16-29-21(24-20)18-14-23-27(15-18)19-6-4-3-5-7-19/h3-7,14-17H,8-13H2,1-2H3. The van der Waals surface area contributed by atoms with Gasteiger partial charge in [0.25, 0.3) is 5.91 Å². The van der Waals surface area contributed by atoms with E-state index in [4.69, 9.17) is 0 Å². The maximum Gasteiger partial charge on any atom is 0.273 e. The fourth-order valence-electron chi connectivity index (χ4n) is 3.44. The Morgan fingerprint density at radius 2 is 1.90 bits per heavy atom. The molecular weight excluding hydrogens is 382 g/mol. The molecule has 0 saturated carbocycles. The van der Waals surface area contributed by atoms with Crippen LogP contribution >= 0.6 is 11.3 Å². The minimum atomic E-state index is 0.0338. The number of hydrogen-bond donors (Lipinski definition) is 0. The first-order valence-electron chi connectivity index (χ1n) is 10.2. The van der Waals surface area contributed by atoms with Gasteiger partial charge in [-0.3, -0.25) is 9.69 Å². The highest BCUT2D eigenvalue weighted by atomic mass is 32.1. The van der Waals surface area contributed by atoms with Gasteiger partial charge in [-0.2, -0.15) is 5.10 Å². The maximum atomic E-state index is 12.9. The van der Waals surface area contributed by atoms with Gasteiger partial charge in [0.2, 0.25) is 0 Å². The van der Waals surface area contributed by atoms with Crippen LogP contribution < -0.4 is 0 Å². The molecule has 1 fully saturated rings. The number of para-hydroxylation sites is 1. The Hall–Kier alpha value is -2.51. The Morgan fingerprint density at radius 1 is 1.14 bits per heavy atom. The van der Waals surface area contributed by atoms with Gasteiger partial charge in [0.05, 0.1) is 11.9 Å². The third-order valence-electron chi connectivity index (χ3n) is 5.26. The van der Waals surface area contributed by atoms with E-state index in [9.17, 15) is 4.79 Å². The van der Waals surface area contributed by atoms with E-state index in [0.29, 0.717) is 11.6 Å². The van der Waals surface area contributed by atoms with Crippen LogP contribution in [0.4, 0.5) is 0 Å². The topological polar surface area (TPSA) is 54.3 Å². The third-order valence-corrected chi connectivity index (χ3v) is 6.15. The molecule has 1 saturated heterocycles. The summed E-state index contributed by atoms with van der Waals surface area (Å²) >= 11 is 1.49. The van der Waals surface area contributed by atoms with Crippen LogP contribution in [0.2, 0.25) is 0 Å². The van der Waals surface area contributed by atoms with Crippen molar-refractivity contribution in [3.05, 3.63) is 53.8 Å². The van der Waals surface area contributed by atoms with Gasteiger partial charge >= 0.3 is 0 Å². The summed E-state index contributed by atoms with van der Waals surface area (Å²) in [5.74, 6) is 0.751. The average Bonchev–Trinajstić information content (AvgIpc) is 3.42. The first-order valence-corrected chi connectivity index (χ1v) is 11.1. The van der Waals surface area contributed by atoms with Crippen LogP contribution in [0.3, 0.4) is 0 Å². The largest absolute Gasteiger partial charge is 0.335 e. The van der Waals surface area contributed by atoms with Crippen molar-refractivity contribution in [1.82, 2.24) is 24.6 Å². The summed E-state index contributed by atoms with van der Waals surface area (Å²) in [6.45, 7) is 9.06. The maximum absolute atomic E-state index is 12.9. The summed E-state index contributed by atoms with van der Waals surface area (Å²) in [7, 11) is 0. The molecule has 0 bridgehead atoms. The second-order valence-corrected chi connectivity index (χ2v) is 8.72. The average molecular weight is 410 g/mol. The number of benzene rings is 1. The van der Waals surface area contributed by atoms with Gasteiger partial charge in [0.15, 0.2) is 0 Å². The number of piperazine rings is 1. The van der Waals surface area contributed by atoms with E-state index in [1.807, 2.05) is 51.5 Å². The molecule has 3 aromatic rings. The summed E-state index contributed by atoms with van der Waals surface area (Å²) in [6, 6.07) is 9.97. The van der Waals surface area contributed by atoms with E-state index in [2.05, 4.69) is 28.8 Å². The molecule has 29 heavy (non-hydrogen) atoms. The summed E-state index contributed by atoms with van der Waals surface area (Å²) in [6.07, 6.45) is 4.96. The minimum absolute atomic E-state index is 0.0338. The van der Waals surface area contributed by atoms with Crippen molar-refractivity contribution in [3.63, 3.8) is 0 Å². The number of thiazole rings is 1. The van der Waals surface area contributed by atoms with E-state index in [1.165, 1.54) is 17.8 Å². The third kappa shape index (κ3) is 4.74. The summed E-state index contributed by atoms with van der Waals surface area (Å²) in [5.41, 5.74) is 2.46. The molecule has 4 rings (SSSR count). The van der Waals surface area contributed by atoms with Crippen molar-refractivity contribution in [2.45, 2.75) is 20.3 Å². The lowest BCUT2D eigenvalue weighted by molar-refractivity contribution is 0.0627. The van der Waals surface area contributed by atoms with E-state index in [0.717, 1.165) is 49.0 Å². The molecule has 2 aromatic heterocycles. The second-order valence-electron chi connectivity index (χ2n) is 7.86. The smallest absolute Gasteiger partial charge is 0.273 e. The van der Waals surface area contributed by atoms with Gasteiger partial charge in [-0.1, -0.05) is 32.0 Å². The Bertz CT molecular complexity index is 941. The van der Waals surface area contributed by atoms with Crippen LogP contribution in [0.5, 0.6) is 0 Å². The fraction of sp³-hybridized carbons (Fsp3) is 0.409. The van der Waals surface area contributed by atoms with Crippen LogP contribution in [0.25, 0.3) is 16.3 Å². The zero-order valence-electron chi connectivity index (χ0n) is 17.0. The van der Waals surface area contributed by atoms with Crippen LogP contribution in [0.1, 0.15) is 30.8 Å². The van der Waals surface area contributed by atoms with Crippen molar-refractivity contribution in [2.24, 2.45) is 5.92 Å². The van der Waals surface area contributed by atoms with E-state index in [1.54, 1.807) is 6.20 Å². The number of amides is 1. The Balaban J connectivity index is 1.38. The van der Waals surface area contributed by atoms with E-state index in [-0.39, 0.29) is 5.91 Å². The zero-order chi connectivity index (χ0) is 20.2. The lowest BCUT2D eigenvalue weighted by atomic mass is 10.1. The molecule has 1 aromatic carbocycles. The highest BCUT2D eigenvalue weighted by molar-refractivity contribution is 7.13. The quantitative estimate of drug-likeness (QED) is 0.621. The van der Waals surface area contributed by atoms with Crippen LogP contribution in [0.15, 0.2) is 48.1 Å². The first-order chi connectivity index (χ1) is 14.1. The molecular formula is C22H27N5OS. The highest BCUT2D eigenvalue weighted by Crippen LogP contribution is 2.25. The van der Waals surface area contributed by atoms with Crippen LogP contribution in [-0.4, -0.2) is 63.2 Å². The van der Waals surface area contributed by atoms with Gasteiger partial charge in [-0.25, -0.2) is 9.67 Å².